The molecular weight excluding hydrogens is 120 g/mol. The number of aliphatic hydroxyl groups is 1. The first-order valence-corrected chi connectivity index (χ1v) is 2.68. The van der Waals surface area contributed by atoms with E-state index in [9.17, 15) is 4.79 Å². The van der Waals surface area contributed by atoms with Crippen molar-refractivity contribution in [2.24, 2.45) is 0 Å². The van der Waals surface area contributed by atoms with Crippen molar-refractivity contribution in [1.82, 2.24) is 0 Å². The van der Waals surface area contributed by atoms with Gasteiger partial charge in [0.2, 0.25) is 0 Å². The van der Waals surface area contributed by atoms with Crippen molar-refractivity contribution in [2.75, 3.05) is 7.11 Å². The molecule has 0 aromatic heterocycles. The average Bonchev–Trinajstić information content (AvgIpc) is 2.15. The number of hydrogen-bond donors (Lipinski definition) is 1. The minimum absolute atomic E-state index is 0.276. The Morgan fingerprint density at radius 3 is 2.67 bits per heavy atom. The van der Waals surface area contributed by atoms with E-state index in [1.165, 1.54) is 13.2 Å². The van der Waals surface area contributed by atoms with Crippen molar-refractivity contribution in [3.8, 4) is 0 Å². The highest BCUT2D eigenvalue weighted by Gasteiger charge is 2.27. The van der Waals surface area contributed by atoms with E-state index in [1.807, 2.05) is 0 Å². The molecule has 0 fully saturated rings. The highest BCUT2D eigenvalue weighted by atomic mass is 16.5. The van der Waals surface area contributed by atoms with Crippen LogP contribution in [0.15, 0.2) is 12.2 Å². The first-order chi connectivity index (χ1) is 4.25. The second-order valence-corrected chi connectivity index (χ2v) is 1.91. The van der Waals surface area contributed by atoms with E-state index < -0.39 is 12.2 Å². The lowest BCUT2D eigenvalue weighted by Gasteiger charge is -2.08. The number of methoxy groups -OCH3 is 1. The fraction of sp³-hybridized carbons (Fsp3) is 0.500. The molecule has 2 atom stereocenters. The van der Waals surface area contributed by atoms with E-state index in [0.717, 1.165) is 0 Å². The van der Waals surface area contributed by atoms with Gasteiger partial charge in [0.25, 0.3) is 0 Å². The van der Waals surface area contributed by atoms with Crippen molar-refractivity contribution in [3.63, 3.8) is 0 Å². The lowest BCUT2D eigenvalue weighted by molar-refractivity contribution is -0.125. The Balaban J connectivity index is 2.62. The smallest absolute Gasteiger partial charge is 0.186 e. The molecule has 3 nitrogen and oxygen atoms in total. The second kappa shape index (κ2) is 2.29. The van der Waals surface area contributed by atoms with Crippen LogP contribution in [0.4, 0.5) is 0 Å². The molecule has 0 spiro atoms. The standard InChI is InChI=1S/C6H8O3/c1-9-5-3-2-4(7)6(5)8/h2-3,5-6,8H,1H3/t5-,6-/m0/s1. The summed E-state index contributed by atoms with van der Waals surface area (Å²) in [5.74, 6) is -0.276. The molecule has 0 aromatic carbocycles. The molecule has 0 saturated heterocycles. The molecule has 3 heteroatoms. The maximum absolute atomic E-state index is 10.5. The van der Waals surface area contributed by atoms with E-state index in [0.29, 0.717) is 0 Å². The zero-order chi connectivity index (χ0) is 6.85. The monoisotopic (exact) mass is 128 g/mol. The number of hydrogen-bond acceptors (Lipinski definition) is 3. The van der Waals surface area contributed by atoms with Gasteiger partial charge in [0.15, 0.2) is 5.78 Å². The SMILES string of the molecule is CO[C@H]1C=CC(=O)[C@@H]1O. The molecule has 0 radical (unpaired) electrons. The summed E-state index contributed by atoms with van der Waals surface area (Å²) in [6, 6.07) is 0. The number of aliphatic hydroxyl groups excluding tert-OH is 1. The van der Waals surface area contributed by atoms with Crippen LogP contribution in [-0.4, -0.2) is 30.2 Å². The number of ether oxygens (including phenoxy) is 1. The fourth-order valence-corrected chi connectivity index (χ4v) is 0.763. The van der Waals surface area contributed by atoms with Gasteiger partial charge in [-0.3, -0.25) is 4.79 Å². The summed E-state index contributed by atoms with van der Waals surface area (Å²) in [4.78, 5) is 10.5. The Kier molecular flexibility index (Phi) is 1.64. The predicted octanol–water partition coefficient (Wildman–Crippen LogP) is -0.499. The van der Waals surface area contributed by atoms with Gasteiger partial charge in [0.05, 0.1) is 0 Å². The summed E-state index contributed by atoms with van der Waals surface area (Å²) in [6.45, 7) is 0. The molecular formula is C6H8O3. The minimum Gasteiger partial charge on any atom is -0.382 e. The summed E-state index contributed by atoms with van der Waals surface area (Å²) in [7, 11) is 1.46. The molecule has 1 aliphatic rings. The molecule has 1 aliphatic carbocycles. The molecule has 1 rings (SSSR count). The van der Waals surface area contributed by atoms with E-state index in [2.05, 4.69) is 0 Å². The topological polar surface area (TPSA) is 46.5 Å². The Bertz CT molecular complexity index is 150. The number of ketones is 1. The normalized spacial score (nSPS) is 33.8. The summed E-state index contributed by atoms with van der Waals surface area (Å²) >= 11 is 0. The maximum atomic E-state index is 10.5. The van der Waals surface area contributed by atoms with Crippen LogP contribution in [0.2, 0.25) is 0 Å². The van der Waals surface area contributed by atoms with Crippen LogP contribution >= 0.6 is 0 Å². The quantitative estimate of drug-likeness (QED) is 0.518. The molecule has 0 bridgehead atoms. The van der Waals surface area contributed by atoms with Gasteiger partial charge in [-0.1, -0.05) is 0 Å². The fourth-order valence-electron chi connectivity index (χ4n) is 0.763. The minimum atomic E-state index is -0.977. The maximum Gasteiger partial charge on any atom is 0.186 e. The Morgan fingerprint density at radius 2 is 2.44 bits per heavy atom. The summed E-state index contributed by atoms with van der Waals surface area (Å²) in [5, 5.41) is 8.92. The first-order valence-electron chi connectivity index (χ1n) is 2.68. The Morgan fingerprint density at radius 1 is 1.78 bits per heavy atom. The summed E-state index contributed by atoms with van der Waals surface area (Å²) < 4.78 is 4.74. The summed E-state index contributed by atoms with van der Waals surface area (Å²) in [5.41, 5.74) is 0. The van der Waals surface area contributed by atoms with Crippen molar-refractivity contribution in [2.45, 2.75) is 12.2 Å². The summed E-state index contributed by atoms with van der Waals surface area (Å²) in [6.07, 6.45) is 1.47. The number of carbonyl (C=O) groups excluding carboxylic acids is 1. The largest absolute Gasteiger partial charge is 0.382 e. The lowest BCUT2D eigenvalue weighted by atomic mass is 10.2. The van der Waals surface area contributed by atoms with Gasteiger partial charge >= 0.3 is 0 Å². The molecule has 0 heterocycles. The van der Waals surface area contributed by atoms with Crippen LogP contribution in [0.5, 0.6) is 0 Å². The van der Waals surface area contributed by atoms with Crippen molar-refractivity contribution < 1.29 is 14.6 Å². The van der Waals surface area contributed by atoms with Crippen molar-refractivity contribution >= 4 is 5.78 Å². The van der Waals surface area contributed by atoms with Gasteiger partial charge in [-0.25, -0.2) is 0 Å². The number of carbonyl (C=O) groups is 1. The van der Waals surface area contributed by atoms with Gasteiger partial charge in [-0.2, -0.15) is 0 Å². The molecule has 0 amide bonds. The molecule has 1 N–H and O–H groups in total. The Labute approximate surface area is 52.9 Å². The highest BCUT2D eigenvalue weighted by molar-refractivity contribution is 5.96. The first kappa shape index (κ1) is 6.45. The van der Waals surface area contributed by atoms with Gasteiger partial charge in [0, 0.05) is 7.11 Å². The van der Waals surface area contributed by atoms with Crippen molar-refractivity contribution in [3.05, 3.63) is 12.2 Å². The predicted molar refractivity (Wildman–Crippen MR) is 31.0 cm³/mol. The molecule has 0 aromatic rings. The third-order valence-corrected chi connectivity index (χ3v) is 1.33. The van der Waals surface area contributed by atoms with E-state index >= 15 is 0 Å². The molecule has 9 heavy (non-hydrogen) atoms. The highest BCUT2D eigenvalue weighted by Crippen LogP contribution is 2.09. The zero-order valence-corrected chi connectivity index (χ0v) is 5.07. The molecule has 0 unspecified atom stereocenters. The van der Waals surface area contributed by atoms with E-state index in [-0.39, 0.29) is 5.78 Å². The van der Waals surface area contributed by atoms with Crippen molar-refractivity contribution in [1.29, 1.82) is 0 Å². The number of rotatable bonds is 1. The van der Waals surface area contributed by atoms with Crippen LogP contribution in [0, 0.1) is 0 Å². The van der Waals surface area contributed by atoms with Gasteiger partial charge in [0.1, 0.15) is 12.2 Å². The lowest BCUT2D eigenvalue weighted by Crippen LogP contribution is -2.27. The average molecular weight is 128 g/mol. The van der Waals surface area contributed by atoms with Gasteiger partial charge < -0.3 is 9.84 Å². The van der Waals surface area contributed by atoms with E-state index in [4.69, 9.17) is 9.84 Å². The van der Waals surface area contributed by atoms with Crippen LogP contribution < -0.4 is 0 Å². The van der Waals surface area contributed by atoms with Gasteiger partial charge in [-0.15, -0.1) is 0 Å². The molecule has 50 valence electrons. The van der Waals surface area contributed by atoms with E-state index in [1.54, 1.807) is 6.08 Å². The van der Waals surface area contributed by atoms with Crippen LogP contribution in [-0.2, 0) is 9.53 Å². The van der Waals surface area contributed by atoms with Crippen LogP contribution in [0.1, 0.15) is 0 Å². The van der Waals surface area contributed by atoms with Gasteiger partial charge in [-0.05, 0) is 12.2 Å². The molecule has 0 saturated carbocycles. The third kappa shape index (κ3) is 1.01. The Hall–Kier alpha value is -0.670. The second-order valence-electron chi connectivity index (χ2n) is 1.91. The zero-order valence-electron chi connectivity index (χ0n) is 5.07. The third-order valence-electron chi connectivity index (χ3n) is 1.33. The van der Waals surface area contributed by atoms with Crippen LogP contribution in [0.25, 0.3) is 0 Å². The van der Waals surface area contributed by atoms with Crippen LogP contribution in [0.3, 0.4) is 0 Å². The molecule has 0 aliphatic heterocycles.